The highest BCUT2D eigenvalue weighted by Gasteiger charge is 2.26. The van der Waals surface area contributed by atoms with Crippen molar-refractivity contribution in [2.45, 2.75) is 45.4 Å². The first-order valence-corrected chi connectivity index (χ1v) is 7.92. The number of hydrogen-bond acceptors (Lipinski definition) is 3. The van der Waals surface area contributed by atoms with Crippen molar-refractivity contribution in [1.29, 1.82) is 0 Å². The molecule has 0 spiro atoms. The third kappa shape index (κ3) is 3.60. The van der Waals surface area contributed by atoms with Crippen LogP contribution in [0.3, 0.4) is 0 Å². The summed E-state index contributed by atoms with van der Waals surface area (Å²) in [6.45, 7) is 5.28. The Balaban J connectivity index is 1.86. The van der Waals surface area contributed by atoms with Crippen LogP contribution in [0.2, 0.25) is 0 Å². The largest absolute Gasteiger partial charge is 0.370 e. The molecular weight excluding hydrogens is 258 g/mol. The molecule has 0 aliphatic heterocycles. The first kappa shape index (κ1) is 14.1. The predicted octanol–water partition coefficient (Wildman–Crippen LogP) is 4.08. The molecule has 110 valence electrons. The van der Waals surface area contributed by atoms with Crippen molar-refractivity contribution in [3.05, 3.63) is 53.0 Å². The van der Waals surface area contributed by atoms with Crippen LogP contribution in [0.25, 0.3) is 0 Å². The summed E-state index contributed by atoms with van der Waals surface area (Å²) in [7, 11) is 0. The molecule has 1 aliphatic carbocycles. The summed E-state index contributed by atoms with van der Waals surface area (Å²) >= 11 is 0. The SMILES string of the molecule is CCCNc1cc(C2CC2)nc(Cc2ccccc2C)n1. The zero-order chi connectivity index (χ0) is 14.7. The van der Waals surface area contributed by atoms with Crippen LogP contribution in [0, 0.1) is 6.92 Å². The molecule has 1 aromatic carbocycles. The number of nitrogens with zero attached hydrogens (tertiary/aromatic N) is 2. The Bertz CT molecular complexity index is 618. The van der Waals surface area contributed by atoms with Gasteiger partial charge in [-0.2, -0.15) is 0 Å². The molecule has 3 nitrogen and oxygen atoms in total. The van der Waals surface area contributed by atoms with Crippen molar-refractivity contribution in [2.24, 2.45) is 0 Å². The van der Waals surface area contributed by atoms with Crippen molar-refractivity contribution in [2.75, 3.05) is 11.9 Å². The Hall–Kier alpha value is -1.90. The Morgan fingerprint density at radius 3 is 2.71 bits per heavy atom. The summed E-state index contributed by atoms with van der Waals surface area (Å²) in [5.74, 6) is 2.58. The highest BCUT2D eigenvalue weighted by Crippen LogP contribution is 2.39. The summed E-state index contributed by atoms with van der Waals surface area (Å²) in [5.41, 5.74) is 3.83. The minimum atomic E-state index is 0.658. The van der Waals surface area contributed by atoms with E-state index in [1.54, 1.807) is 0 Å². The molecule has 1 N–H and O–H groups in total. The third-order valence-electron chi connectivity index (χ3n) is 3.95. The molecule has 0 atom stereocenters. The Morgan fingerprint density at radius 2 is 2.00 bits per heavy atom. The standard InChI is InChI=1S/C18H23N3/c1-3-10-19-17-12-16(14-8-9-14)20-18(21-17)11-15-7-5-4-6-13(15)2/h4-7,12,14H,3,8-11H2,1-2H3,(H,19,20,21). The second-order valence-corrected chi connectivity index (χ2v) is 5.90. The minimum absolute atomic E-state index is 0.658. The number of benzene rings is 1. The molecule has 0 saturated heterocycles. The summed E-state index contributed by atoms with van der Waals surface area (Å²) in [4.78, 5) is 9.48. The van der Waals surface area contributed by atoms with Crippen LogP contribution in [0.1, 0.15) is 54.7 Å². The predicted molar refractivity (Wildman–Crippen MR) is 86.8 cm³/mol. The van der Waals surface area contributed by atoms with Gasteiger partial charge < -0.3 is 5.32 Å². The van der Waals surface area contributed by atoms with Gasteiger partial charge in [-0.1, -0.05) is 31.2 Å². The second kappa shape index (κ2) is 6.25. The zero-order valence-corrected chi connectivity index (χ0v) is 12.9. The van der Waals surface area contributed by atoms with Crippen molar-refractivity contribution >= 4 is 5.82 Å². The number of aryl methyl sites for hydroxylation is 1. The maximum Gasteiger partial charge on any atom is 0.135 e. The lowest BCUT2D eigenvalue weighted by atomic mass is 10.1. The van der Waals surface area contributed by atoms with Crippen molar-refractivity contribution in [3.63, 3.8) is 0 Å². The van der Waals surface area contributed by atoms with E-state index in [1.807, 2.05) is 0 Å². The van der Waals surface area contributed by atoms with Crippen LogP contribution >= 0.6 is 0 Å². The minimum Gasteiger partial charge on any atom is -0.370 e. The van der Waals surface area contributed by atoms with Gasteiger partial charge in [0, 0.05) is 30.6 Å². The van der Waals surface area contributed by atoms with E-state index < -0.39 is 0 Å². The van der Waals surface area contributed by atoms with Gasteiger partial charge in [0.05, 0.1) is 0 Å². The van der Waals surface area contributed by atoms with Gasteiger partial charge in [-0.3, -0.25) is 0 Å². The van der Waals surface area contributed by atoms with Crippen molar-refractivity contribution < 1.29 is 0 Å². The van der Waals surface area contributed by atoms with Crippen LogP contribution in [-0.4, -0.2) is 16.5 Å². The smallest absolute Gasteiger partial charge is 0.135 e. The maximum atomic E-state index is 4.79. The molecule has 0 unspecified atom stereocenters. The molecule has 1 aromatic heterocycles. The molecule has 3 rings (SSSR count). The van der Waals surface area contributed by atoms with E-state index in [-0.39, 0.29) is 0 Å². The quantitative estimate of drug-likeness (QED) is 0.867. The highest BCUT2D eigenvalue weighted by atomic mass is 15.0. The van der Waals surface area contributed by atoms with E-state index in [0.717, 1.165) is 31.0 Å². The Morgan fingerprint density at radius 1 is 1.19 bits per heavy atom. The normalized spacial score (nSPS) is 14.2. The second-order valence-electron chi connectivity index (χ2n) is 5.90. The van der Waals surface area contributed by atoms with Crippen LogP contribution in [0.5, 0.6) is 0 Å². The third-order valence-corrected chi connectivity index (χ3v) is 3.95. The monoisotopic (exact) mass is 281 g/mol. The van der Waals surface area contributed by atoms with E-state index in [1.165, 1.54) is 29.7 Å². The van der Waals surface area contributed by atoms with Gasteiger partial charge in [0.25, 0.3) is 0 Å². The molecular formula is C18H23N3. The molecule has 2 aromatic rings. The summed E-state index contributed by atoms with van der Waals surface area (Å²) in [5, 5.41) is 3.41. The number of rotatable bonds is 6. The molecule has 0 radical (unpaired) electrons. The van der Waals surface area contributed by atoms with Crippen LogP contribution < -0.4 is 5.32 Å². The van der Waals surface area contributed by atoms with Gasteiger partial charge in [0.15, 0.2) is 0 Å². The van der Waals surface area contributed by atoms with E-state index in [9.17, 15) is 0 Å². The average Bonchev–Trinajstić information content (AvgIpc) is 3.32. The van der Waals surface area contributed by atoms with Crippen LogP contribution in [0.15, 0.2) is 30.3 Å². The van der Waals surface area contributed by atoms with E-state index >= 15 is 0 Å². The lowest BCUT2D eigenvalue weighted by Crippen LogP contribution is -2.08. The molecule has 21 heavy (non-hydrogen) atoms. The van der Waals surface area contributed by atoms with Gasteiger partial charge in [0.1, 0.15) is 11.6 Å². The summed E-state index contributed by atoms with van der Waals surface area (Å²) in [6.07, 6.45) is 4.46. The van der Waals surface area contributed by atoms with E-state index in [2.05, 4.69) is 49.5 Å². The summed E-state index contributed by atoms with van der Waals surface area (Å²) in [6, 6.07) is 10.6. The molecule has 3 heteroatoms. The van der Waals surface area contributed by atoms with Gasteiger partial charge in [-0.15, -0.1) is 0 Å². The first-order valence-electron chi connectivity index (χ1n) is 7.92. The highest BCUT2D eigenvalue weighted by molar-refractivity contribution is 5.39. The topological polar surface area (TPSA) is 37.8 Å². The van der Waals surface area contributed by atoms with E-state index in [0.29, 0.717) is 5.92 Å². The van der Waals surface area contributed by atoms with Gasteiger partial charge in [-0.25, -0.2) is 9.97 Å². The van der Waals surface area contributed by atoms with E-state index in [4.69, 9.17) is 9.97 Å². The fourth-order valence-electron chi connectivity index (χ4n) is 2.51. The average molecular weight is 281 g/mol. The van der Waals surface area contributed by atoms with Crippen LogP contribution in [-0.2, 0) is 6.42 Å². The summed E-state index contributed by atoms with van der Waals surface area (Å²) < 4.78 is 0. The molecule has 1 saturated carbocycles. The molecule has 1 fully saturated rings. The molecule has 1 heterocycles. The molecule has 0 bridgehead atoms. The maximum absolute atomic E-state index is 4.79. The van der Waals surface area contributed by atoms with Crippen molar-refractivity contribution in [1.82, 2.24) is 9.97 Å². The lowest BCUT2D eigenvalue weighted by molar-refractivity contribution is 0.885. The number of aromatic nitrogens is 2. The molecule has 1 aliphatic rings. The number of nitrogens with one attached hydrogen (secondary N) is 1. The fourth-order valence-corrected chi connectivity index (χ4v) is 2.51. The number of anilines is 1. The van der Waals surface area contributed by atoms with Crippen LogP contribution in [0.4, 0.5) is 5.82 Å². The Labute approximate surface area is 126 Å². The zero-order valence-electron chi connectivity index (χ0n) is 12.9. The lowest BCUT2D eigenvalue weighted by Gasteiger charge is -2.10. The van der Waals surface area contributed by atoms with Gasteiger partial charge >= 0.3 is 0 Å². The van der Waals surface area contributed by atoms with Crippen molar-refractivity contribution in [3.8, 4) is 0 Å². The number of hydrogen-bond donors (Lipinski definition) is 1. The van der Waals surface area contributed by atoms with Gasteiger partial charge in [-0.05, 0) is 37.3 Å². The fraction of sp³-hybridized carbons (Fsp3) is 0.444. The van der Waals surface area contributed by atoms with Gasteiger partial charge in [0.2, 0.25) is 0 Å². The molecule has 0 amide bonds. The Kier molecular flexibility index (Phi) is 4.18. The first-order chi connectivity index (χ1) is 10.3.